The van der Waals surface area contributed by atoms with Crippen LogP contribution in [0.1, 0.15) is 43.7 Å². The van der Waals surface area contributed by atoms with Crippen LogP contribution in [0.25, 0.3) is 0 Å². The van der Waals surface area contributed by atoms with Crippen LogP contribution >= 0.6 is 11.6 Å². The van der Waals surface area contributed by atoms with Gasteiger partial charge in [0, 0.05) is 12.1 Å². The summed E-state index contributed by atoms with van der Waals surface area (Å²) in [7, 11) is 1.57. The lowest BCUT2D eigenvalue weighted by molar-refractivity contribution is 0.279. The van der Waals surface area contributed by atoms with Crippen molar-refractivity contribution < 1.29 is 13.9 Å². The van der Waals surface area contributed by atoms with Crippen molar-refractivity contribution in [2.45, 2.75) is 45.8 Å². The molecule has 0 atom stereocenters. The topological polar surface area (TPSA) is 30.5 Å². The number of methoxy groups -OCH3 is 1. The van der Waals surface area contributed by atoms with Crippen LogP contribution in [-0.4, -0.2) is 13.7 Å². The third-order valence-electron chi connectivity index (χ3n) is 4.16. The Labute approximate surface area is 160 Å². The largest absolute Gasteiger partial charge is 0.493 e. The van der Waals surface area contributed by atoms with E-state index in [1.165, 1.54) is 31.7 Å². The van der Waals surface area contributed by atoms with Gasteiger partial charge in [-0.25, -0.2) is 4.39 Å². The van der Waals surface area contributed by atoms with Crippen molar-refractivity contribution in [3.8, 4) is 11.5 Å². The lowest BCUT2D eigenvalue weighted by Gasteiger charge is -2.15. The molecule has 0 aliphatic carbocycles. The van der Waals surface area contributed by atoms with E-state index in [1.807, 2.05) is 12.1 Å². The van der Waals surface area contributed by atoms with Gasteiger partial charge in [-0.2, -0.15) is 0 Å². The number of ether oxygens (including phenoxy) is 2. The maximum absolute atomic E-state index is 13.7. The summed E-state index contributed by atoms with van der Waals surface area (Å²) < 4.78 is 24.9. The minimum Gasteiger partial charge on any atom is -0.493 e. The predicted octanol–water partition coefficient (Wildman–Crippen LogP) is 5.74. The molecule has 0 radical (unpaired) electrons. The molecule has 0 aromatic heterocycles. The molecule has 26 heavy (non-hydrogen) atoms. The van der Waals surface area contributed by atoms with Crippen molar-refractivity contribution >= 4 is 11.6 Å². The summed E-state index contributed by atoms with van der Waals surface area (Å²) in [4.78, 5) is 0. The molecule has 3 nitrogen and oxygen atoms in total. The third-order valence-corrected chi connectivity index (χ3v) is 4.44. The van der Waals surface area contributed by atoms with E-state index in [2.05, 4.69) is 12.2 Å². The highest BCUT2D eigenvalue weighted by Gasteiger charge is 2.13. The van der Waals surface area contributed by atoms with Crippen molar-refractivity contribution in [2.75, 3.05) is 13.7 Å². The van der Waals surface area contributed by atoms with Gasteiger partial charge in [-0.3, -0.25) is 0 Å². The van der Waals surface area contributed by atoms with Crippen molar-refractivity contribution in [3.63, 3.8) is 0 Å². The summed E-state index contributed by atoms with van der Waals surface area (Å²) in [5.74, 6) is 0.687. The standard InChI is InChI=1S/C21H27ClFNO2/c1-3-4-5-8-11-24-14-16-12-18(22)21(20(13-16)25-2)26-15-17-9-6-7-10-19(17)23/h6-7,9-10,12-13,24H,3-5,8,11,14-15H2,1-2H3. The summed E-state index contributed by atoms with van der Waals surface area (Å²) in [5.41, 5.74) is 1.50. The fraction of sp³-hybridized carbons (Fsp3) is 0.429. The fourth-order valence-corrected chi connectivity index (χ4v) is 2.98. The first kappa shape index (κ1) is 20.5. The highest BCUT2D eigenvalue weighted by atomic mass is 35.5. The van der Waals surface area contributed by atoms with E-state index in [9.17, 15) is 4.39 Å². The van der Waals surface area contributed by atoms with Gasteiger partial charge in [0.2, 0.25) is 0 Å². The first-order valence-corrected chi connectivity index (χ1v) is 9.46. The molecular formula is C21H27ClFNO2. The quantitative estimate of drug-likeness (QED) is 0.505. The molecule has 0 amide bonds. The summed E-state index contributed by atoms with van der Waals surface area (Å²) in [6.07, 6.45) is 4.93. The maximum Gasteiger partial charge on any atom is 0.180 e. The molecule has 0 fully saturated rings. The minimum absolute atomic E-state index is 0.0950. The van der Waals surface area contributed by atoms with E-state index < -0.39 is 0 Å². The molecule has 0 saturated heterocycles. The zero-order valence-corrected chi connectivity index (χ0v) is 16.2. The van der Waals surface area contributed by atoms with Crippen molar-refractivity contribution in [1.29, 1.82) is 0 Å². The maximum atomic E-state index is 13.7. The van der Waals surface area contributed by atoms with E-state index in [4.69, 9.17) is 21.1 Å². The molecule has 0 heterocycles. The summed E-state index contributed by atoms with van der Waals surface area (Å²) in [6, 6.07) is 10.3. The highest BCUT2D eigenvalue weighted by molar-refractivity contribution is 6.32. The fourth-order valence-electron chi connectivity index (χ4n) is 2.69. The average Bonchev–Trinajstić information content (AvgIpc) is 2.64. The van der Waals surface area contributed by atoms with Crippen LogP contribution in [0.4, 0.5) is 4.39 Å². The first-order valence-electron chi connectivity index (χ1n) is 9.09. The lowest BCUT2D eigenvalue weighted by atomic mass is 10.1. The zero-order chi connectivity index (χ0) is 18.8. The molecule has 0 unspecified atom stereocenters. The van der Waals surface area contributed by atoms with E-state index in [-0.39, 0.29) is 12.4 Å². The molecule has 0 saturated carbocycles. The smallest absolute Gasteiger partial charge is 0.180 e. The van der Waals surface area contributed by atoms with Crippen molar-refractivity contribution in [1.82, 2.24) is 5.32 Å². The number of unbranched alkanes of at least 4 members (excludes halogenated alkanes) is 3. The number of halogens is 2. The number of hydrogen-bond donors (Lipinski definition) is 1. The Kier molecular flexibility index (Phi) is 8.72. The molecule has 2 rings (SSSR count). The molecule has 0 aliphatic rings. The normalized spacial score (nSPS) is 10.8. The lowest BCUT2D eigenvalue weighted by Crippen LogP contribution is -2.14. The van der Waals surface area contributed by atoms with Gasteiger partial charge in [-0.05, 0) is 36.7 Å². The van der Waals surface area contributed by atoms with Crippen LogP contribution in [0.5, 0.6) is 11.5 Å². The Hall–Kier alpha value is -1.78. The minimum atomic E-state index is -0.300. The summed E-state index contributed by atoms with van der Waals surface area (Å²) in [6.45, 7) is 4.00. The number of rotatable bonds is 11. The third kappa shape index (κ3) is 6.19. The molecule has 0 aliphatic heterocycles. The molecule has 2 aromatic rings. The van der Waals surface area contributed by atoms with E-state index in [0.29, 0.717) is 22.1 Å². The van der Waals surface area contributed by atoms with E-state index in [0.717, 1.165) is 18.7 Å². The Bertz CT molecular complexity index is 694. The Balaban J connectivity index is 1.96. The monoisotopic (exact) mass is 379 g/mol. The van der Waals surface area contributed by atoms with Crippen LogP contribution in [0.15, 0.2) is 36.4 Å². The van der Waals surface area contributed by atoms with Crippen LogP contribution < -0.4 is 14.8 Å². The van der Waals surface area contributed by atoms with Crippen molar-refractivity contribution in [3.05, 3.63) is 58.4 Å². The Morgan fingerprint density at radius 1 is 1.12 bits per heavy atom. The predicted molar refractivity (Wildman–Crippen MR) is 105 cm³/mol. The van der Waals surface area contributed by atoms with Gasteiger partial charge in [0.25, 0.3) is 0 Å². The van der Waals surface area contributed by atoms with Gasteiger partial charge < -0.3 is 14.8 Å². The van der Waals surface area contributed by atoms with Crippen LogP contribution in [0.3, 0.4) is 0 Å². The first-order chi connectivity index (χ1) is 12.7. The van der Waals surface area contributed by atoms with Gasteiger partial charge in [-0.15, -0.1) is 0 Å². The molecule has 0 spiro atoms. The average molecular weight is 380 g/mol. The van der Waals surface area contributed by atoms with Gasteiger partial charge in [0.05, 0.1) is 12.1 Å². The SMILES string of the molecule is CCCCCCNCc1cc(Cl)c(OCc2ccccc2F)c(OC)c1. The second kappa shape index (κ2) is 11.0. The van der Waals surface area contributed by atoms with Crippen LogP contribution in [0.2, 0.25) is 5.02 Å². The molecule has 1 N–H and O–H groups in total. The Morgan fingerprint density at radius 2 is 1.92 bits per heavy atom. The molecule has 0 bridgehead atoms. The highest BCUT2D eigenvalue weighted by Crippen LogP contribution is 2.37. The van der Waals surface area contributed by atoms with Gasteiger partial charge in [-0.1, -0.05) is 56.0 Å². The number of hydrogen-bond acceptors (Lipinski definition) is 3. The van der Waals surface area contributed by atoms with Crippen LogP contribution in [-0.2, 0) is 13.2 Å². The number of benzene rings is 2. The Morgan fingerprint density at radius 3 is 2.65 bits per heavy atom. The van der Waals surface area contributed by atoms with E-state index in [1.54, 1.807) is 25.3 Å². The second-order valence-electron chi connectivity index (χ2n) is 6.23. The summed E-state index contributed by atoms with van der Waals surface area (Å²) in [5, 5.41) is 3.88. The van der Waals surface area contributed by atoms with E-state index >= 15 is 0 Å². The molecule has 2 aromatic carbocycles. The second-order valence-corrected chi connectivity index (χ2v) is 6.63. The van der Waals surface area contributed by atoms with Gasteiger partial charge >= 0.3 is 0 Å². The van der Waals surface area contributed by atoms with Gasteiger partial charge in [0.15, 0.2) is 11.5 Å². The number of nitrogens with one attached hydrogen (secondary N) is 1. The van der Waals surface area contributed by atoms with Gasteiger partial charge in [0.1, 0.15) is 12.4 Å². The summed E-state index contributed by atoms with van der Waals surface area (Å²) >= 11 is 6.37. The molecule has 5 heteroatoms. The molecule has 142 valence electrons. The molecular weight excluding hydrogens is 353 g/mol. The zero-order valence-electron chi connectivity index (χ0n) is 15.5. The van der Waals surface area contributed by atoms with Crippen molar-refractivity contribution in [2.24, 2.45) is 0 Å². The van der Waals surface area contributed by atoms with Crippen LogP contribution in [0, 0.1) is 5.82 Å².